The van der Waals surface area contributed by atoms with Gasteiger partial charge in [-0.1, -0.05) is 17.7 Å². The van der Waals surface area contributed by atoms with Crippen molar-refractivity contribution in [2.24, 2.45) is 11.7 Å². The lowest BCUT2D eigenvalue weighted by molar-refractivity contribution is -0.134. The highest BCUT2D eigenvalue weighted by Crippen LogP contribution is 2.27. The van der Waals surface area contributed by atoms with Crippen molar-refractivity contribution < 1.29 is 9.18 Å². The minimum atomic E-state index is -0.379. The molecule has 1 aliphatic rings. The van der Waals surface area contributed by atoms with Gasteiger partial charge in [0, 0.05) is 36.1 Å². The molecule has 20 heavy (non-hydrogen) atoms. The molecule has 2 N–H and O–H groups in total. The van der Waals surface area contributed by atoms with E-state index in [1.807, 2.05) is 0 Å². The van der Waals surface area contributed by atoms with Crippen LogP contribution in [0.5, 0.6) is 0 Å². The van der Waals surface area contributed by atoms with Crippen LogP contribution in [0, 0.1) is 11.7 Å². The van der Waals surface area contributed by atoms with Crippen molar-refractivity contribution in [1.82, 2.24) is 4.90 Å². The van der Waals surface area contributed by atoms with Crippen molar-refractivity contribution in [2.75, 3.05) is 7.05 Å². The second kappa shape index (κ2) is 7.25. The average molecular weight is 321 g/mol. The maximum atomic E-state index is 13.7. The van der Waals surface area contributed by atoms with Gasteiger partial charge in [0.2, 0.25) is 5.91 Å². The molecule has 112 valence electrons. The molecule has 6 heteroatoms. The third-order valence-electron chi connectivity index (χ3n) is 3.66. The maximum Gasteiger partial charge on any atom is 0.225 e. The second-order valence-corrected chi connectivity index (χ2v) is 5.57. The summed E-state index contributed by atoms with van der Waals surface area (Å²) in [5.74, 6) is -0.395. The number of carbonyl (C=O) groups is 1. The summed E-state index contributed by atoms with van der Waals surface area (Å²) in [4.78, 5) is 13.8. The molecule has 1 aromatic carbocycles. The van der Waals surface area contributed by atoms with Crippen LogP contribution >= 0.6 is 24.0 Å². The van der Waals surface area contributed by atoms with Crippen LogP contribution in [0.15, 0.2) is 18.2 Å². The quantitative estimate of drug-likeness (QED) is 0.930. The summed E-state index contributed by atoms with van der Waals surface area (Å²) >= 11 is 5.96. The number of hydrogen-bond acceptors (Lipinski definition) is 2. The highest BCUT2D eigenvalue weighted by atomic mass is 35.5. The fourth-order valence-corrected chi connectivity index (χ4v) is 2.77. The van der Waals surface area contributed by atoms with Gasteiger partial charge in [0.1, 0.15) is 5.82 Å². The Morgan fingerprint density at radius 1 is 1.50 bits per heavy atom. The van der Waals surface area contributed by atoms with Gasteiger partial charge in [0.05, 0.1) is 0 Å². The van der Waals surface area contributed by atoms with Crippen LogP contribution in [0.2, 0.25) is 5.02 Å². The highest BCUT2D eigenvalue weighted by molar-refractivity contribution is 6.31. The molecule has 0 saturated heterocycles. The standard InChI is InChI=1S/C14H18ClFN2O.ClH/c1-18(14(19)9-5-6-10(17)7-9)8-11-12(15)3-2-4-13(11)16;/h2-4,9-10H,5-8,17H2,1H3;1H. The minimum absolute atomic E-state index is 0. The largest absolute Gasteiger partial charge is 0.341 e. The van der Waals surface area contributed by atoms with Gasteiger partial charge in [-0.3, -0.25) is 4.79 Å². The molecule has 2 atom stereocenters. The Hall–Kier alpha value is -0.840. The average Bonchev–Trinajstić information content (AvgIpc) is 2.79. The van der Waals surface area contributed by atoms with Crippen LogP contribution in [0.3, 0.4) is 0 Å². The Morgan fingerprint density at radius 3 is 2.75 bits per heavy atom. The molecule has 1 amide bonds. The van der Waals surface area contributed by atoms with Gasteiger partial charge in [-0.05, 0) is 31.4 Å². The highest BCUT2D eigenvalue weighted by Gasteiger charge is 2.30. The minimum Gasteiger partial charge on any atom is -0.341 e. The first kappa shape index (κ1) is 17.2. The number of benzene rings is 1. The molecule has 0 spiro atoms. The van der Waals surface area contributed by atoms with E-state index in [9.17, 15) is 9.18 Å². The smallest absolute Gasteiger partial charge is 0.225 e. The number of nitrogens with zero attached hydrogens (tertiary/aromatic N) is 1. The van der Waals surface area contributed by atoms with Crippen molar-refractivity contribution in [2.45, 2.75) is 31.8 Å². The SMILES string of the molecule is CN(Cc1c(F)cccc1Cl)C(=O)C1CCC(N)C1.Cl. The molecule has 0 heterocycles. The van der Waals surface area contributed by atoms with Crippen LogP contribution in [-0.2, 0) is 11.3 Å². The molecule has 1 saturated carbocycles. The second-order valence-electron chi connectivity index (χ2n) is 5.16. The molecule has 1 aliphatic carbocycles. The van der Waals surface area contributed by atoms with Gasteiger partial charge in [-0.25, -0.2) is 4.39 Å². The Kier molecular flexibility index (Phi) is 6.24. The molecule has 1 fully saturated rings. The van der Waals surface area contributed by atoms with E-state index in [1.54, 1.807) is 19.2 Å². The van der Waals surface area contributed by atoms with Crippen molar-refractivity contribution in [1.29, 1.82) is 0 Å². The summed E-state index contributed by atoms with van der Waals surface area (Å²) in [5.41, 5.74) is 6.18. The molecular weight excluding hydrogens is 302 g/mol. The first-order valence-corrected chi connectivity index (χ1v) is 6.80. The van der Waals surface area contributed by atoms with Gasteiger partial charge in [0.25, 0.3) is 0 Å². The predicted molar refractivity (Wildman–Crippen MR) is 80.4 cm³/mol. The van der Waals surface area contributed by atoms with E-state index >= 15 is 0 Å². The Balaban J connectivity index is 0.00000200. The van der Waals surface area contributed by atoms with E-state index in [0.29, 0.717) is 17.0 Å². The Bertz CT molecular complexity index is 464. The summed E-state index contributed by atoms with van der Waals surface area (Å²) in [5, 5.41) is 0.350. The molecule has 2 unspecified atom stereocenters. The van der Waals surface area contributed by atoms with E-state index < -0.39 is 0 Å². The monoisotopic (exact) mass is 320 g/mol. The molecule has 0 aliphatic heterocycles. The number of hydrogen-bond donors (Lipinski definition) is 1. The van der Waals surface area contributed by atoms with E-state index in [-0.39, 0.29) is 42.6 Å². The predicted octanol–water partition coefficient (Wildman–Crippen LogP) is 2.99. The van der Waals surface area contributed by atoms with Crippen molar-refractivity contribution >= 4 is 29.9 Å². The van der Waals surface area contributed by atoms with Gasteiger partial charge < -0.3 is 10.6 Å². The van der Waals surface area contributed by atoms with Crippen LogP contribution in [0.25, 0.3) is 0 Å². The van der Waals surface area contributed by atoms with Gasteiger partial charge in [-0.2, -0.15) is 0 Å². The summed E-state index contributed by atoms with van der Waals surface area (Å²) in [6, 6.07) is 4.65. The van der Waals surface area contributed by atoms with E-state index in [2.05, 4.69) is 0 Å². The number of halogens is 3. The van der Waals surface area contributed by atoms with Crippen LogP contribution in [0.4, 0.5) is 4.39 Å². The van der Waals surface area contributed by atoms with E-state index in [4.69, 9.17) is 17.3 Å². The van der Waals surface area contributed by atoms with Crippen LogP contribution in [-0.4, -0.2) is 23.9 Å². The zero-order valence-electron chi connectivity index (χ0n) is 11.3. The third kappa shape index (κ3) is 3.84. The lowest BCUT2D eigenvalue weighted by atomic mass is 10.1. The van der Waals surface area contributed by atoms with Crippen LogP contribution in [0.1, 0.15) is 24.8 Å². The maximum absolute atomic E-state index is 13.7. The number of carbonyl (C=O) groups excluding carboxylic acids is 1. The molecule has 0 bridgehead atoms. The van der Waals surface area contributed by atoms with Crippen molar-refractivity contribution in [3.05, 3.63) is 34.6 Å². The zero-order valence-corrected chi connectivity index (χ0v) is 12.9. The number of amides is 1. The normalized spacial score (nSPS) is 21.4. The zero-order chi connectivity index (χ0) is 14.0. The van der Waals surface area contributed by atoms with E-state index in [1.165, 1.54) is 11.0 Å². The first-order valence-electron chi connectivity index (χ1n) is 6.42. The van der Waals surface area contributed by atoms with E-state index in [0.717, 1.165) is 12.8 Å². The summed E-state index contributed by atoms with van der Waals surface area (Å²) in [6.45, 7) is 0.191. The summed E-state index contributed by atoms with van der Waals surface area (Å²) in [7, 11) is 1.68. The number of nitrogens with two attached hydrogens (primary N) is 1. The molecule has 0 radical (unpaired) electrons. The Labute approximate surface area is 129 Å². The molecule has 0 aromatic heterocycles. The molecule has 1 aromatic rings. The molecule has 2 rings (SSSR count). The lowest BCUT2D eigenvalue weighted by Crippen LogP contribution is -2.32. The van der Waals surface area contributed by atoms with Gasteiger partial charge in [0.15, 0.2) is 0 Å². The third-order valence-corrected chi connectivity index (χ3v) is 4.01. The topological polar surface area (TPSA) is 46.3 Å². The molecular formula is C14H19Cl2FN2O. The molecule has 3 nitrogen and oxygen atoms in total. The summed E-state index contributed by atoms with van der Waals surface area (Å²) < 4.78 is 13.7. The Morgan fingerprint density at radius 2 is 2.20 bits per heavy atom. The van der Waals surface area contributed by atoms with Crippen molar-refractivity contribution in [3.8, 4) is 0 Å². The van der Waals surface area contributed by atoms with Gasteiger partial charge in [-0.15, -0.1) is 12.4 Å². The fraction of sp³-hybridized carbons (Fsp3) is 0.500. The van der Waals surface area contributed by atoms with Crippen molar-refractivity contribution in [3.63, 3.8) is 0 Å². The first-order chi connectivity index (χ1) is 8.99. The van der Waals surface area contributed by atoms with Crippen LogP contribution < -0.4 is 5.73 Å². The lowest BCUT2D eigenvalue weighted by Gasteiger charge is -2.22. The fourth-order valence-electron chi connectivity index (χ4n) is 2.55. The summed E-state index contributed by atoms with van der Waals surface area (Å²) in [6.07, 6.45) is 2.41. The number of rotatable bonds is 3. The van der Waals surface area contributed by atoms with Gasteiger partial charge >= 0.3 is 0 Å².